The van der Waals surface area contributed by atoms with Crippen molar-refractivity contribution in [1.29, 1.82) is 0 Å². The van der Waals surface area contributed by atoms with Crippen LogP contribution in [0.1, 0.15) is 37.2 Å². The topological polar surface area (TPSA) is 87.6 Å². The van der Waals surface area contributed by atoms with Crippen LogP contribution in [0.3, 0.4) is 0 Å². The second-order valence-electron chi connectivity index (χ2n) is 7.95. The summed E-state index contributed by atoms with van der Waals surface area (Å²) in [5.74, 6) is -1.37. The van der Waals surface area contributed by atoms with Gasteiger partial charge in [0.2, 0.25) is 5.91 Å². The van der Waals surface area contributed by atoms with Gasteiger partial charge in [0.15, 0.2) is 17.4 Å². The van der Waals surface area contributed by atoms with E-state index in [1.807, 2.05) is 0 Å². The zero-order valence-electron chi connectivity index (χ0n) is 16.8. The third-order valence-electron chi connectivity index (χ3n) is 5.31. The summed E-state index contributed by atoms with van der Waals surface area (Å²) in [5, 5.41) is 11.7. The van der Waals surface area contributed by atoms with E-state index in [1.165, 1.54) is 13.8 Å². The molecule has 31 heavy (non-hydrogen) atoms. The molecule has 11 heteroatoms. The Morgan fingerprint density at radius 1 is 1.29 bits per heavy atom. The van der Waals surface area contributed by atoms with Gasteiger partial charge in [-0.15, -0.1) is 0 Å². The lowest BCUT2D eigenvalue weighted by molar-refractivity contribution is -0.121. The van der Waals surface area contributed by atoms with E-state index in [-0.39, 0.29) is 34.5 Å². The van der Waals surface area contributed by atoms with Gasteiger partial charge in [0, 0.05) is 6.07 Å². The van der Waals surface area contributed by atoms with Crippen molar-refractivity contribution < 1.29 is 32.2 Å². The van der Waals surface area contributed by atoms with Crippen LogP contribution in [0.15, 0.2) is 12.1 Å². The summed E-state index contributed by atoms with van der Waals surface area (Å²) >= 11 is 0. The molecule has 0 saturated carbocycles. The number of nitrogens with one attached hydrogen (secondary N) is 1. The Balaban J connectivity index is 1.87. The summed E-state index contributed by atoms with van der Waals surface area (Å²) in [5.41, 5.74) is -0.372. The Morgan fingerprint density at radius 2 is 2.03 bits per heavy atom. The Labute approximate surface area is 175 Å². The van der Waals surface area contributed by atoms with Crippen molar-refractivity contribution in [2.24, 2.45) is 0 Å². The molecule has 0 bridgehead atoms. The number of amides is 1. The van der Waals surface area contributed by atoms with E-state index in [0.717, 1.165) is 11.0 Å². The lowest BCUT2D eigenvalue weighted by Gasteiger charge is -2.23. The number of rotatable bonds is 4. The highest BCUT2D eigenvalue weighted by Gasteiger charge is 2.49. The predicted octanol–water partition coefficient (Wildman–Crippen LogP) is 3.36. The summed E-state index contributed by atoms with van der Waals surface area (Å²) in [7, 11) is 0. The van der Waals surface area contributed by atoms with Crippen LogP contribution in [0.4, 0.5) is 34.9 Å². The fourth-order valence-corrected chi connectivity index (χ4v) is 3.88. The van der Waals surface area contributed by atoms with Gasteiger partial charge in [0.25, 0.3) is 0 Å². The van der Waals surface area contributed by atoms with E-state index in [0.29, 0.717) is 25.0 Å². The molecule has 0 atom stereocenters. The molecule has 0 aliphatic carbocycles. The molecule has 2 aromatic rings. The van der Waals surface area contributed by atoms with Crippen LogP contribution in [0.2, 0.25) is 0 Å². The van der Waals surface area contributed by atoms with Crippen LogP contribution in [-0.4, -0.2) is 40.3 Å². The van der Waals surface area contributed by atoms with Gasteiger partial charge in [0.05, 0.1) is 23.3 Å². The number of carbonyl (C=O) groups excluding carboxylic acids is 1. The number of fused-ring (bicyclic) bond motifs is 2. The molecule has 2 aliphatic rings. The minimum Gasteiger partial charge on any atom is -0.490 e. The average molecular weight is 440 g/mol. The highest BCUT2D eigenvalue weighted by atomic mass is 19.4. The molecule has 2 aliphatic heterocycles. The summed E-state index contributed by atoms with van der Waals surface area (Å²) in [6, 6.07) is 2.75. The highest BCUT2D eigenvalue weighted by Crippen LogP contribution is 2.48. The number of aromatic nitrogens is 2. The number of carbonyl (C=O) groups is 1. The molecule has 2 N–H and O–H groups in total. The van der Waals surface area contributed by atoms with E-state index < -0.39 is 36.5 Å². The van der Waals surface area contributed by atoms with Crippen molar-refractivity contribution >= 4 is 23.2 Å². The molecule has 166 valence electrons. The van der Waals surface area contributed by atoms with Gasteiger partial charge in [-0.25, -0.2) is 14.4 Å². The molecule has 0 saturated heterocycles. The number of alkyl halides is 3. The minimum absolute atomic E-state index is 0.00908. The van der Waals surface area contributed by atoms with E-state index in [4.69, 9.17) is 4.74 Å². The van der Waals surface area contributed by atoms with Gasteiger partial charge in [-0.3, -0.25) is 9.69 Å². The van der Waals surface area contributed by atoms with Crippen LogP contribution in [0, 0.1) is 5.82 Å². The maximum Gasteiger partial charge on any atom is 0.405 e. The Bertz CT molecular complexity index is 1060. The van der Waals surface area contributed by atoms with Crippen LogP contribution in [0.25, 0.3) is 0 Å². The van der Waals surface area contributed by atoms with E-state index in [2.05, 4.69) is 15.3 Å². The Kier molecular flexibility index (Phi) is 5.03. The summed E-state index contributed by atoms with van der Waals surface area (Å²) in [6.45, 7) is 1.43. The Hall–Kier alpha value is -2.95. The lowest BCUT2D eigenvalue weighted by atomic mass is 9.87. The molecule has 1 aromatic heterocycles. The molecule has 3 heterocycles. The second-order valence-corrected chi connectivity index (χ2v) is 7.95. The van der Waals surface area contributed by atoms with E-state index in [1.54, 1.807) is 6.07 Å². The number of anilines is 3. The number of ether oxygens (including phenoxy) is 1. The van der Waals surface area contributed by atoms with Gasteiger partial charge >= 0.3 is 6.18 Å². The van der Waals surface area contributed by atoms with Gasteiger partial charge in [-0.1, -0.05) is 0 Å². The number of aliphatic hydroxyl groups is 1. The molecule has 1 amide bonds. The second kappa shape index (κ2) is 7.33. The highest BCUT2D eigenvalue weighted by molar-refractivity contribution is 6.12. The van der Waals surface area contributed by atoms with Gasteiger partial charge in [-0.2, -0.15) is 13.2 Å². The average Bonchev–Trinajstić information content (AvgIpc) is 2.91. The maximum absolute atomic E-state index is 14.7. The first-order chi connectivity index (χ1) is 14.5. The number of benzene rings is 1. The van der Waals surface area contributed by atoms with Crippen molar-refractivity contribution in [3.05, 3.63) is 34.9 Å². The number of hydrogen-bond donors (Lipinski definition) is 2. The first-order valence-electron chi connectivity index (χ1n) is 9.65. The fourth-order valence-electron chi connectivity index (χ4n) is 3.88. The van der Waals surface area contributed by atoms with Crippen LogP contribution in [-0.2, 0) is 23.2 Å². The van der Waals surface area contributed by atoms with E-state index >= 15 is 0 Å². The van der Waals surface area contributed by atoms with Crippen LogP contribution in [0.5, 0.6) is 5.75 Å². The molecule has 0 radical (unpaired) electrons. The number of nitrogens with zero attached hydrogens (tertiary/aromatic N) is 3. The van der Waals surface area contributed by atoms with Crippen LogP contribution >= 0.6 is 0 Å². The molecule has 0 spiro atoms. The summed E-state index contributed by atoms with van der Waals surface area (Å²) in [6.07, 6.45) is -3.28. The first kappa shape index (κ1) is 21.3. The minimum atomic E-state index is -4.52. The number of hydrogen-bond acceptors (Lipinski definition) is 6. The normalized spacial score (nSPS) is 17.3. The van der Waals surface area contributed by atoms with Crippen molar-refractivity contribution in [3.63, 3.8) is 0 Å². The molecular weight excluding hydrogens is 420 g/mol. The fraction of sp³-hybridized carbons (Fsp3) is 0.450. The largest absolute Gasteiger partial charge is 0.490 e. The predicted molar refractivity (Wildman–Crippen MR) is 103 cm³/mol. The number of halogens is 4. The first-order valence-corrected chi connectivity index (χ1v) is 9.65. The number of aliphatic hydroxyl groups excluding tert-OH is 1. The smallest absolute Gasteiger partial charge is 0.405 e. The summed E-state index contributed by atoms with van der Waals surface area (Å²) in [4.78, 5) is 22.6. The van der Waals surface area contributed by atoms with Crippen molar-refractivity contribution in [2.75, 3.05) is 23.4 Å². The van der Waals surface area contributed by atoms with Gasteiger partial charge in [-0.05, 0) is 38.3 Å². The van der Waals surface area contributed by atoms with Gasteiger partial charge in [0.1, 0.15) is 24.8 Å². The molecule has 0 unspecified atom stereocenters. The molecule has 4 rings (SSSR count). The van der Waals surface area contributed by atoms with Crippen LogP contribution < -0.4 is 15.0 Å². The van der Waals surface area contributed by atoms with Crippen molar-refractivity contribution in [3.8, 4) is 5.75 Å². The Morgan fingerprint density at radius 3 is 2.71 bits per heavy atom. The van der Waals surface area contributed by atoms with Gasteiger partial charge < -0.3 is 15.2 Å². The zero-order valence-corrected chi connectivity index (χ0v) is 16.8. The summed E-state index contributed by atoms with van der Waals surface area (Å²) < 4.78 is 58.5. The number of aryl methyl sites for hydroxylation is 1. The van der Waals surface area contributed by atoms with E-state index in [9.17, 15) is 27.5 Å². The monoisotopic (exact) mass is 440 g/mol. The van der Waals surface area contributed by atoms with Crippen molar-refractivity contribution in [2.45, 2.75) is 44.9 Å². The third-order valence-corrected chi connectivity index (χ3v) is 5.31. The SMILES string of the molecule is CC1(C)C(=O)N(c2cc(F)c3c(c2)CCCO3)c2nc(CO)nc(NCC(F)(F)F)c21. The molecule has 1 aromatic carbocycles. The molecule has 7 nitrogen and oxygen atoms in total. The quantitative estimate of drug-likeness (QED) is 0.709. The van der Waals surface area contributed by atoms with Crippen molar-refractivity contribution in [1.82, 2.24) is 9.97 Å². The maximum atomic E-state index is 14.7. The lowest BCUT2D eigenvalue weighted by Crippen LogP contribution is -2.34. The molecule has 0 fully saturated rings. The third kappa shape index (κ3) is 3.67. The zero-order chi connectivity index (χ0) is 22.6. The molecular formula is C20H20F4N4O3. The standard InChI is InChI=1S/C20H20F4N4O3/c1-19(2)14-16(25-9-20(22,23)24)26-13(8-29)27-17(14)28(18(19)30)11-6-10-4-3-5-31-15(10)12(21)7-11/h6-7,29H,3-5,8-9H2,1-2H3,(H,25,26,27).